The summed E-state index contributed by atoms with van der Waals surface area (Å²) in [6, 6.07) is 18.2. The highest BCUT2D eigenvalue weighted by atomic mass is 35.5. The highest BCUT2D eigenvalue weighted by Crippen LogP contribution is 2.41. The number of aliphatic hydroxyl groups excluding tert-OH is 1. The molecule has 1 N–H and O–H groups in total. The summed E-state index contributed by atoms with van der Waals surface area (Å²) >= 11 is 6.26. The van der Waals surface area contributed by atoms with Crippen molar-refractivity contribution >= 4 is 29.1 Å². The average molecular weight is 508 g/mol. The van der Waals surface area contributed by atoms with Crippen molar-refractivity contribution < 1.29 is 28.9 Å². The minimum absolute atomic E-state index is 0.0149. The van der Waals surface area contributed by atoms with Crippen LogP contribution >= 0.6 is 11.6 Å². The van der Waals surface area contributed by atoms with Crippen LogP contribution in [-0.4, -0.2) is 42.5 Å². The van der Waals surface area contributed by atoms with Crippen LogP contribution in [0.1, 0.15) is 29.7 Å². The van der Waals surface area contributed by atoms with Crippen molar-refractivity contribution in [3.8, 4) is 17.2 Å². The van der Waals surface area contributed by atoms with Gasteiger partial charge in [-0.05, 0) is 60.5 Å². The molecular weight excluding hydrogens is 482 g/mol. The fourth-order valence-corrected chi connectivity index (χ4v) is 4.46. The van der Waals surface area contributed by atoms with E-state index in [1.807, 2.05) is 19.1 Å². The molecule has 1 aliphatic rings. The van der Waals surface area contributed by atoms with Gasteiger partial charge in [-0.1, -0.05) is 35.9 Å². The Kier molecular flexibility index (Phi) is 7.50. The van der Waals surface area contributed by atoms with E-state index in [1.165, 1.54) is 18.1 Å². The summed E-state index contributed by atoms with van der Waals surface area (Å²) < 4.78 is 15.9. The smallest absolute Gasteiger partial charge is 0.295 e. The van der Waals surface area contributed by atoms with E-state index in [2.05, 4.69) is 0 Å². The van der Waals surface area contributed by atoms with Gasteiger partial charge in [0.2, 0.25) is 0 Å². The molecule has 1 unspecified atom stereocenters. The van der Waals surface area contributed by atoms with Crippen LogP contribution in [0.3, 0.4) is 0 Å². The molecule has 7 nitrogen and oxygen atoms in total. The van der Waals surface area contributed by atoms with Crippen LogP contribution in [0, 0.1) is 0 Å². The van der Waals surface area contributed by atoms with Gasteiger partial charge in [0.25, 0.3) is 11.7 Å². The maximum Gasteiger partial charge on any atom is 0.295 e. The molecule has 186 valence electrons. The van der Waals surface area contributed by atoms with Gasteiger partial charge in [-0.2, -0.15) is 0 Å². The Morgan fingerprint density at radius 2 is 1.61 bits per heavy atom. The summed E-state index contributed by atoms with van der Waals surface area (Å²) in [6.07, 6.45) is 0. The van der Waals surface area contributed by atoms with Crippen molar-refractivity contribution in [3.63, 3.8) is 0 Å². The van der Waals surface area contributed by atoms with Crippen LogP contribution < -0.4 is 14.2 Å². The van der Waals surface area contributed by atoms with E-state index < -0.39 is 17.7 Å². The molecule has 1 amide bonds. The zero-order valence-electron chi connectivity index (χ0n) is 20.2. The Morgan fingerprint density at radius 3 is 2.19 bits per heavy atom. The number of hydrogen-bond donors (Lipinski definition) is 1. The minimum atomic E-state index is -0.816. The summed E-state index contributed by atoms with van der Waals surface area (Å²) in [5.74, 6) is -0.0153. The maximum absolute atomic E-state index is 13.3. The van der Waals surface area contributed by atoms with E-state index in [1.54, 1.807) is 55.6 Å². The first-order valence-corrected chi connectivity index (χ1v) is 11.7. The number of amides is 1. The van der Waals surface area contributed by atoms with Gasteiger partial charge in [0.05, 0.1) is 37.5 Å². The maximum atomic E-state index is 13.3. The highest BCUT2D eigenvalue weighted by molar-refractivity contribution is 6.46. The van der Waals surface area contributed by atoms with E-state index in [4.69, 9.17) is 25.8 Å². The molecule has 1 saturated heterocycles. The molecule has 1 heterocycles. The van der Waals surface area contributed by atoms with Crippen LogP contribution in [-0.2, 0) is 16.1 Å². The first-order valence-electron chi connectivity index (χ1n) is 11.4. The molecule has 0 aromatic heterocycles. The standard InChI is InChI=1S/C28H26ClNO6/c1-4-36-21-12-7-18(8-13-21)25-24(26(31)19-9-14-23(35-3)22(29)15-19)27(32)28(33)30(25)16-17-5-10-20(34-2)11-6-17/h5-15,25,31H,4,16H2,1-3H3/b26-24-. The molecule has 8 heteroatoms. The van der Waals surface area contributed by atoms with Crippen LogP contribution in [0.4, 0.5) is 0 Å². The van der Waals surface area contributed by atoms with Gasteiger partial charge < -0.3 is 24.2 Å². The highest BCUT2D eigenvalue weighted by Gasteiger charge is 2.46. The zero-order chi connectivity index (χ0) is 25.8. The van der Waals surface area contributed by atoms with Crippen molar-refractivity contribution in [2.75, 3.05) is 20.8 Å². The average Bonchev–Trinajstić information content (AvgIpc) is 3.14. The minimum Gasteiger partial charge on any atom is -0.507 e. The van der Waals surface area contributed by atoms with Crippen LogP contribution in [0.5, 0.6) is 17.2 Å². The number of carbonyl (C=O) groups is 2. The molecule has 0 bridgehead atoms. The van der Waals surface area contributed by atoms with Gasteiger partial charge in [-0.25, -0.2) is 0 Å². The summed E-state index contributed by atoms with van der Waals surface area (Å²) in [6.45, 7) is 2.55. The number of ether oxygens (including phenoxy) is 3. The summed E-state index contributed by atoms with van der Waals surface area (Å²) in [5, 5.41) is 11.5. The summed E-state index contributed by atoms with van der Waals surface area (Å²) in [4.78, 5) is 28.0. The SMILES string of the molecule is CCOc1ccc(C2/C(=C(/O)c3ccc(OC)c(Cl)c3)C(=O)C(=O)N2Cc2ccc(OC)cc2)cc1. The normalized spacial score (nSPS) is 16.8. The second-order valence-electron chi connectivity index (χ2n) is 8.13. The second-order valence-corrected chi connectivity index (χ2v) is 8.53. The lowest BCUT2D eigenvalue weighted by Crippen LogP contribution is -2.29. The van der Waals surface area contributed by atoms with Crippen molar-refractivity contribution in [1.82, 2.24) is 4.90 Å². The number of nitrogens with zero attached hydrogens (tertiary/aromatic N) is 1. The van der Waals surface area contributed by atoms with Gasteiger partial charge in [-0.15, -0.1) is 0 Å². The number of likely N-dealkylation sites (tertiary alicyclic amines) is 1. The second kappa shape index (κ2) is 10.7. The van der Waals surface area contributed by atoms with Gasteiger partial charge in [0, 0.05) is 12.1 Å². The fourth-order valence-electron chi connectivity index (χ4n) is 4.20. The van der Waals surface area contributed by atoms with Crippen molar-refractivity contribution in [1.29, 1.82) is 0 Å². The third-order valence-electron chi connectivity index (χ3n) is 5.98. The fraction of sp³-hybridized carbons (Fsp3) is 0.214. The van der Waals surface area contributed by atoms with Gasteiger partial charge >= 0.3 is 0 Å². The van der Waals surface area contributed by atoms with E-state index in [9.17, 15) is 14.7 Å². The van der Waals surface area contributed by atoms with Crippen LogP contribution in [0.25, 0.3) is 5.76 Å². The molecular formula is C28H26ClNO6. The van der Waals surface area contributed by atoms with Crippen molar-refractivity contribution in [2.24, 2.45) is 0 Å². The number of benzene rings is 3. The lowest BCUT2D eigenvalue weighted by atomic mass is 9.95. The number of hydrogen-bond acceptors (Lipinski definition) is 6. The number of carbonyl (C=O) groups excluding carboxylic acids is 2. The van der Waals surface area contributed by atoms with E-state index in [-0.39, 0.29) is 22.9 Å². The third kappa shape index (κ3) is 4.88. The third-order valence-corrected chi connectivity index (χ3v) is 6.28. The van der Waals surface area contributed by atoms with E-state index in [0.29, 0.717) is 35.0 Å². The molecule has 0 aliphatic carbocycles. The molecule has 0 saturated carbocycles. The Labute approximate surface area is 214 Å². The molecule has 1 fully saturated rings. The molecule has 36 heavy (non-hydrogen) atoms. The molecule has 1 atom stereocenters. The van der Waals surface area contributed by atoms with Gasteiger partial charge in [0.1, 0.15) is 23.0 Å². The van der Waals surface area contributed by atoms with Crippen molar-refractivity contribution in [3.05, 3.63) is 94.0 Å². The molecule has 1 aliphatic heterocycles. The van der Waals surface area contributed by atoms with Crippen LogP contribution in [0.15, 0.2) is 72.3 Å². The first-order chi connectivity index (χ1) is 17.4. The zero-order valence-corrected chi connectivity index (χ0v) is 20.9. The number of Topliss-reactive ketones (excluding diaryl/α,β-unsaturated/α-hetero) is 1. The number of ketones is 1. The molecule has 0 radical (unpaired) electrons. The van der Waals surface area contributed by atoms with Gasteiger partial charge in [0.15, 0.2) is 0 Å². The Morgan fingerprint density at radius 1 is 0.944 bits per heavy atom. The number of halogens is 1. The van der Waals surface area contributed by atoms with Crippen LogP contribution in [0.2, 0.25) is 5.02 Å². The predicted molar refractivity (Wildman–Crippen MR) is 136 cm³/mol. The Hall–Kier alpha value is -3.97. The Bertz CT molecular complexity index is 1300. The largest absolute Gasteiger partial charge is 0.507 e. The summed E-state index contributed by atoms with van der Waals surface area (Å²) in [5.41, 5.74) is 1.76. The summed E-state index contributed by atoms with van der Waals surface area (Å²) in [7, 11) is 3.06. The van der Waals surface area contributed by atoms with E-state index in [0.717, 1.165) is 5.56 Å². The van der Waals surface area contributed by atoms with Crippen molar-refractivity contribution in [2.45, 2.75) is 19.5 Å². The number of rotatable bonds is 8. The molecule has 3 aromatic carbocycles. The Balaban J connectivity index is 1.82. The molecule has 4 rings (SSSR count). The number of aliphatic hydroxyl groups is 1. The predicted octanol–water partition coefficient (Wildman–Crippen LogP) is 5.38. The molecule has 3 aromatic rings. The quantitative estimate of drug-likeness (QED) is 0.250. The monoisotopic (exact) mass is 507 g/mol. The van der Waals surface area contributed by atoms with E-state index >= 15 is 0 Å². The topological polar surface area (TPSA) is 85.3 Å². The lowest BCUT2D eigenvalue weighted by molar-refractivity contribution is -0.140. The number of methoxy groups -OCH3 is 2. The molecule has 0 spiro atoms. The first kappa shape index (κ1) is 25.1. The lowest BCUT2D eigenvalue weighted by Gasteiger charge is -2.25. The van der Waals surface area contributed by atoms with Gasteiger partial charge in [-0.3, -0.25) is 9.59 Å².